The molecule has 0 radical (unpaired) electrons. The molecule has 2 aromatic rings. The molecular weight excluding hydrogens is 392 g/mol. The fourth-order valence-corrected chi connectivity index (χ4v) is 3.65. The summed E-state index contributed by atoms with van der Waals surface area (Å²) in [5, 5.41) is 2.84. The first kappa shape index (κ1) is 22.5. The third kappa shape index (κ3) is 6.67. The van der Waals surface area contributed by atoms with Crippen LogP contribution in [-0.4, -0.2) is 42.4 Å². The van der Waals surface area contributed by atoms with E-state index in [9.17, 15) is 14.4 Å². The lowest BCUT2D eigenvalue weighted by atomic mass is 9.98. The number of urea groups is 1. The van der Waals surface area contributed by atoms with E-state index < -0.39 is 11.9 Å². The first-order valence-electron chi connectivity index (χ1n) is 11.0. The Labute approximate surface area is 183 Å². The molecule has 0 aromatic heterocycles. The second kappa shape index (κ2) is 11.3. The number of carbonyl (C=O) groups is 3. The van der Waals surface area contributed by atoms with Gasteiger partial charge < -0.3 is 15.0 Å². The number of hydrogen-bond acceptors (Lipinski definition) is 4. The van der Waals surface area contributed by atoms with Crippen LogP contribution in [0.1, 0.15) is 48.5 Å². The number of ether oxygens (including phenoxy) is 1. The Morgan fingerprint density at radius 1 is 1.06 bits per heavy atom. The van der Waals surface area contributed by atoms with Crippen molar-refractivity contribution in [2.24, 2.45) is 5.92 Å². The molecule has 1 N–H and O–H groups in total. The second-order valence-electron chi connectivity index (χ2n) is 7.91. The van der Waals surface area contributed by atoms with Crippen LogP contribution in [-0.2, 0) is 16.0 Å². The Morgan fingerprint density at radius 2 is 1.81 bits per heavy atom. The molecule has 2 aromatic carbocycles. The van der Waals surface area contributed by atoms with Gasteiger partial charge in [-0.15, -0.1) is 0 Å². The van der Waals surface area contributed by atoms with Gasteiger partial charge in [-0.25, -0.2) is 4.79 Å². The van der Waals surface area contributed by atoms with Crippen molar-refractivity contribution in [3.8, 4) is 0 Å². The molecule has 1 fully saturated rings. The maximum absolute atomic E-state index is 12.5. The zero-order valence-corrected chi connectivity index (χ0v) is 18.0. The summed E-state index contributed by atoms with van der Waals surface area (Å²) in [6.45, 7) is 2.75. The van der Waals surface area contributed by atoms with Crippen molar-refractivity contribution < 1.29 is 19.1 Å². The Bertz CT molecular complexity index is 880. The van der Waals surface area contributed by atoms with E-state index >= 15 is 0 Å². The highest BCUT2D eigenvalue weighted by atomic mass is 16.5. The van der Waals surface area contributed by atoms with E-state index in [0.717, 1.165) is 25.7 Å². The van der Waals surface area contributed by atoms with E-state index in [1.54, 1.807) is 17.0 Å². The number of nitrogens with one attached hydrogen (secondary N) is 1. The van der Waals surface area contributed by atoms with Gasteiger partial charge in [-0.05, 0) is 43.4 Å². The van der Waals surface area contributed by atoms with Gasteiger partial charge >= 0.3 is 12.0 Å². The molecule has 6 heteroatoms. The van der Waals surface area contributed by atoms with Crippen LogP contribution in [0.25, 0.3) is 0 Å². The zero-order chi connectivity index (χ0) is 22.1. The third-order valence-corrected chi connectivity index (χ3v) is 5.51. The molecule has 164 valence electrons. The van der Waals surface area contributed by atoms with Gasteiger partial charge in [-0.2, -0.15) is 0 Å². The summed E-state index contributed by atoms with van der Waals surface area (Å²) in [7, 11) is 0. The Hall–Kier alpha value is -3.15. The predicted molar refractivity (Wildman–Crippen MR) is 120 cm³/mol. The molecule has 0 spiro atoms. The number of unbranched alkanes of at least 4 members (excludes halogenated alkanes) is 1. The number of benzene rings is 2. The molecule has 0 aliphatic carbocycles. The van der Waals surface area contributed by atoms with Crippen molar-refractivity contribution in [1.29, 1.82) is 0 Å². The fraction of sp³-hybridized carbons (Fsp3) is 0.400. The summed E-state index contributed by atoms with van der Waals surface area (Å²) in [5.74, 6) is -1.06. The summed E-state index contributed by atoms with van der Waals surface area (Å²) < 4.78 is 5.29. The van der Waals surface area contributed by atoms with Crippen molar-refractivity contribution in [3.63, 3.8) is 0 Å². The number of anilines is 1. The fourth-order valence-electron chi connectivity index (χ4n) is 3.65. The van der Waals surface area contributed by atoms with Crippen LogP contribution in [0.3, 0.4) is 0 Å². The van der Waals surface area contributed by atoms with Crippen molar-refractivity contribution in [3.05, 3.63) is 65.7 Å². The van der Waals surface area contributed by atoms with Crippen LogP contribution in [0.4, 0.5) is 10.5 Å². The topological polar surface area (TPSA) is 75.7 Å². The van der Waals surface area contributed by atoms with Gasteiger partial charge in [-0.3, -0.25) is 9.59 Å². The Balaban J connectivity index is 1.47. The normalized spacial score (nSPS) is 15.9. The van der Waals surface area contributed by atoms with Crippen molar-refractivity contribution >= 4 is 23.5 Å². The monoisotopic (exact) mass is 422 g/mol. The van der Waals surface area contributed by atoms with Crippen molar-refractivity contribution in [1.82, 2.24) is 4.90 Å². The molecular formula is C25H30N2O4. The van der Waals surface area contributed by atoms with Crippen LogP contribution in [0, 0.1) is 5.92 Å². The van der Waals surface area contributed by atoms with E-state index in [-0.39, 0.29) is 25.0 Å². The van der Waals surface area contributed by atoms with Crippen molar-refractivity contribution in [2.75, 3.05) is 25.0 Å². The molecule has 31 heavy (non-hydrogen) atoms. The van der Waals surface area contributed by atoms with Crippen LogP contribution in [0.5, 0.6) is 0 Å². The molecule has 0 saturated carbocycles. The molecule has 3 rings (SSSR count). The van der Waals surface area contributed by atoms with Crippen molar-refractivity contribution in [2.45, 2.75) is 39.0 Å². The maximum atomic E-state index is 12.5. The Kier molecular flexibility index (Phi) is 8.21. The number of Topliss-reactive ketones (excluding diaryl/α,β-unsaturated/α-hetero) is 1. The molecule has 1 aliphatic heterocycles. The standard InChI is InChI=1S/C25H30N2O4/c1-2-3-8-19-12-14-20(15-13-19)23(28)18-31-24(29)21-9-7-16-27(17-21)25(30)26-22-10-5-4-6-11-22/h4-6,10-15,21H,2-3,7-9,16-18H2,1H3,(H,26,30). The Morgan fingerprint density at radius 3 is 2.52 bits per heavy atom. The lowest BCUT2D eigenvalue weighted by Crippen LogP contribution is -2.44. The lowest BCUT2D eigenvalue weighted by Gasteiger charge is -2.31. The van der Waals surface area contributed by atoms with E-state index in [0.29, 0.717) is 24.2 Å². The number of nitrogens with zero attached hydrogens (tertiary/aromatic N) is 1. The van der Waals surface area contributed by atoms with Crippen LogP contribution >= 0.6 is 0 Å². The molecule has 1 atom stereocenters. The summed E-state index contributed by atoms with van der Waals surface area (Å²) in [4.78, 5) is 39.0. The molecule has 2 amide bonds. The molecule has 1 heterocycles. The minimum atomic E-state index is -0.426. The first-order valence-corrected chi connectivity index (χ1v) is 11.0. The third-order valence-electron chi connectivity index (χ3n) is 5.51. The van der Waals surface area contributed by atoms with Gasteiger partial charge in [0.25, 0.3) is 0 Å². The number of para-hydroxylation sites is 1. The number of hydrogen-bond donors (Lipinski definition) is 1. The van der Waals surface area contributed by atoms with Gasteiger partial charge in [0.1, 0.15) is 0 Å². The molecule has 6 nitrogen and oxygen atoms in total. The summed E-state index contributed by atoms with van der Waals surface area (Å²) in [5.41, 5.74) is 2.45. The predicted octanol–water partition coefficient (Wildman–Crippen LogP) is 4.70. The molecule has 1 aliphatic rings. The number of esters is 1. The maximum Gasteiger partial charge on any atom is 0.321 e. The average molecular weight is 423 g/mol. The highest BCUT2D eigenvalue weighted by Gasteiger charge is 2.30. The number of rotatable bonds is 8. The minimum Gasteiger partial charge on any atom is -0.457 e. The number of piperidine rings is 1. The van der Waals surface area contributed by atoms with E-state index in [2.05, 4.69) is 12.2 Å². The largest absolute Gasteiger partial charge is 0.457 e. The van der Waals surface area contributed by atoms with Gasteiger partial charge in [0.15, 0.2) is 12.4 Å². The van der Waals surface area contributed by atoms with E-state index in [4.69, 9.17) is 4.74 Å². The number of aryl methyl sites for hydroxylation is 1. The SMILES string of the molecule is CCCCc1ccc(C(=O)COC(=O)C2CCCN(C(=O)Nc3ccccc3)C2)cc1. The minimum absolute atomic E-state index is 0.218. The number of carbonyl (C=O) groups excluding carboxylic acids is 3. The lowest BCUT2D eigenvalue weighted by molar-refractivity contribution is -0.148. The number of ketones is 1. The second-order valence-corrected chi connectivity index (χ2v) is 7.91. The smallest absolute Gasteiger partial charge is 0.321 e. The van der Waals surface area contributed by atoms with Gasteiger partial charge in [0.2, 0.25) is 0 Å². The highest BCUT2D eigenvalue weighted by Crippen LogP contribution is 2.19. The van der Waals surface area contributed by atoms with E-state index in [1.165, 1.54) is 5.56 Å². The average Bonchev–Trinajstić information content (AvgIpc) is 2.82. The van der Waals surface area contributed by atoms with E-state index in [1.807, 2.05) is 42.5 Å². The van der Waals surface area contributed by atoms with Gasteiger partial charge in [0, 0.05) is 24.3 Å². The quantitative estimate of drug-likeness (QED) is 0.494. The van der Waals surface area contributed by atoms with Gasteiger partial charge in [0.05, 0.1) is 5.92 Å². The zero-order valence-electron chi connectivity index (χ0n) is 18.0. The van der Waals surface area contributed by atoms with Gasteiger partial charge in [-0.1, -0.05) is 55.8 Å². The molecule has 0 bridgehead atoms. The number of amides is 2. The highest BCUT2D eigenvalue weighted by molar-refractivity contribution is 5.98. The van der Waals surface area contributed by atoms with Crippen LogP contribution < -0.4 is 5.32 Å². The van der Waals surface area contributed by atoms with Crippen LogP contribution in [0.15, 0.2) is 54.6 Å². The summed E-state index contributed by atoms with van der Waals surface area (Å²) >= 11 is 0. The molecule has 1 saturated heterocycles. The number of likely N-dealkylation sites (tertiary alicyclic amines) is 1. The summed E-state index contributed by atoms with van der Waals surface area (Å²) in [6, 6.07) is 16.5. The first-order chi connectivity index (χ1) is 15.1. The molecule has 1 unspecified atom stereocenters. The van der Waals surface area contributed by atoms with Crippen LogP contribution in [0.2, 0.25) is 0 Å². The summed E-state index contributed by atoms with van der Waals surface area (Å²) in [6.07, 6.45) is 4.61.